The lowest BCUT2D eigenvalue weighted by Crippen LogP contribution is -2.43. The number of nitrogens with one attached hydrogen (secondary N) is 1. The number of rotatable bonds is 4. The standard InChI is InChI=1S/C13H20N4O/c1-3-4-10-7-12(15-9-14-10)16-11-5-6-13(18)17(2)8-11/h7,9,11H,3-6,8H2,1-2H3,(H,14,15,16). The average molecular weight is 248 g/mol. The number of likely N-dealkylation sites (N-methyl/N-ethyl adjacent to an activating group) is 1. The Labute approximate surface area is 108 Å². The molecule has 0 bridgehead atoms. The predicted octanol–water partition coefficient (Wildman–Crippen LogP) is 1.46. The van der Waals surface area contributed by atoms with Gasteiger partial charge in [-0.1, -0.05) is 13.3 Å². The van der Waals surface area contributed by atoms with Crippen LogP contribution in [0.5, 0.6) is 0 Å². The number of anilines is 1. The Balaban J connectivity index is 1.96. The molecule has 1 fully saturated rings. The van der Waals surface area contributed by atoms with Crippen molar-refractivity contribution in [2.45, 2.75) is 38.6 Å². The van der Waals surface area contributed by atoms with Crippen LogP contribution in [0.1, 0.15) is 31.9 Å². The van der Waals surface area contributed by atoms with Gasteiger partial charge in [-0.15, -0.1) is 0 Å². The normalized spacial score (nSPS) is 20.0. The highest BCUT2D eigenvalue weighted by Gasteiger charge is 2.22. The summed E-state index contributed by atoms with van der Waals surface area (Å²) in [5.74, 6) is 1.09. The second-order valence-electron chi connectivity index (χ2n) is 4.80. The molecule has 1 aromatic heterocycles. The number of hydrogen-bond acceptors (Lipinski definition) is 4. The summed E-state index contributed by atoms with van der Waals surface area (Å²) in [7, 11) is 1.85. The maximum Gasteiger partial charge on any atom is 0.222 e. The molecule has 0 saturated carbocycles. The van der Waals surface area contributed by atoms with E-state index >= 15 is 0 Å². The molecule has 5 heteroatoms. The van der Waals surface area contributed by atoms with Crippen molar-refractivity contribution in [1.29, 1.82) is 0 Å². The van der Waals surface area contributed by atoms with Crippen LogP contribution in [0.3, 0.4) is 0 Å². The van der Waals surface area contributed by atoms with Crippen molar-refractivity contribution in [2.75, 3.05) is 18.9 Å². The topological polar surface area (TPSA) is 58.1 Å². The second kappa shape index (κ2) is 5.80. The zero-order valence-electron chi connectivity index (χ0n) is 11.0. The van der Waals surface area contributed by atoms with Gasteiger partial charge in [-0.25, -0.2) is 9.97 Å². The largest absolute Gasteiger partial charge is 0.365 e. The molecular formula is C13H20N4O. The van der Waals surface area contributed by atoms with Crippen LogP contribution >= 0.6 is 0 Å². The Hall–Kier alpha value is -1.65. The Kier molecular flexibility index (Phi) is 4.12. The van der Waals surface area contributed by atoms with E-state index in [9.17, 15) is 4.79 Å². The third-order valence-electron chi connectivity index (χ3n) is 3.21. The molecule has 1 N–H and O–H groups in total. The van der Waals surface area contributed by atoms with E-state index < -0.39 is 0 Å². The molecule has 1 aromatic rings. The van der Waals surface area contributed by atoms with Crippen molar-refractivity contribution in [2.24, 2.45) is 0 Å². The van der Waals surface area contributed by atoms with Gasteiger partial charge in [0.25, 0.3) is 0 Å². The van der Waals surface area contributed by atoms with Gasteiger partial charge in [0.15, 0.2) is 0 Å². The number of carbonyl (C=O) groups is 1. The number of piperidine rings is 1. The quantitative estimate of drug-likeness (QED) is 0.876. The molecule has 1 amide bonds. The second-order valence-corrected chi connectivity index (χ2v) is 4.80. The number of aromatic nitrogens is 2. The Morgan fingerprint density at radius 1 is 1.50 bits per heavy atom. The van der Waals surface area contributed by atoms with Crippen LogP contribution in [0.2, 0.25) is 0 Å². The smallest absolute Gasteiger partial charge is 0.222 e. The zero-order chi connectivity index (χ0) is 13.0. The van der Waals surface area contributed by atoms with Crippen molar-refractivity contribution in [3.8, 4) is 0 Å². The van der Waals surface area contributed by atoms with Crippen LogP contribution in [-0.2, 0) is 11.2 Å². The van der Waals surface area contributed by atoms with E-state index in [4.69, 9.17) is 0 Å². The summed E-state index contributed by atoms with van der Waals surface area (Å²) in [4.78, 5) is 21.6. The third-order valence-corrected chi connectivity index (χ3v) is 3.21. The van der Waals surface area contributed by atoms with Crippen LogP contribution in [0.15, 0.2) is 12.4 Å². The third kappa shape index (κ3) is 3.18. The minimum absolute atomic E-state index is 0.224. The minimum atomic E-state index is 0.224. The number of likely N-dealkylation sites (tertiary alicyclic amines) is 1. The highest BCUT2D eigenvalue weighted by atomic mass is 16.2. The summed E-state index contributed by atoms with van der Waals surface area (Å²) in [5.41, 5.74) is 1.07. The van der Waals surface area contributed by atoms with E-state index in [1.165, 1.54) is 0 Å². The van der Waals surface area contributed by atoms with E-state index in [0.717, 1.165) is 37.3 Å². The average Bonchev–Trinajstić information content (AvgIpc) is 2.35. The molecule has 0 spiro atoms. The summed E-state index contributed by atoms with van der Waals surface area (Å²) in [6.45, 7) is 2.88. The lowest BCUT2D eigenvalue weighted by atomic mass is 10.1. The van der Waals surface area contributed by atoms with Crippen LogP contribution in [0, 0.1) is 0 Å². The van der Waals surface area contributed by atoms with Gasteiger partial charge in [-0.3, -0.25) is 4.79 Å². The van der Waals surface area contributed by atoms with E-state index in [1.807, 2.05) is 13.1 Å². The molecule has 0 aliphatic carbocycles. The molecule has 5 nitrogen and oxygen atoms in total. The van der Waals surface area contributed by atoms with Crippen molar-refractivity contribution in [3.63, 3.8) is 0 Å². The highest BCUT2D eigenvalue weighted by molar-refractivity contribution is 5.77. The first-order valence-electron chi connectivity index (χ1n) is 6.50. The lowest BCUT2D eigenvalue weighted by molar-refractivity contribution is -0.132. The van der Waals surface area contributed by atoms with E-state index in [-0.39, 0.29) is 11.9 Å². The van der Waals surface area contributed by atoms with Crippen molar-refractivity contribution in [1.82, 2.24) is 14.9 Å². The molecule has 0 aromatic carbocycles. The van der Waals surface area contributed by atoms with Crippen molar-refractivity contribution >= 4 is 11.7 Å². The van der Waals surface area contributed by atoms with Gasteiger partial charge in [-0.2, -0.15) is 0 Å². The molecule has 2 heterocycles. The number of carbonyl (C=O) groups excluding carboxylic acids is 1. The van der Waals surface area contributed by atoms with Gasteiger partial charge in [0.05, 0.1) is 0 Å². The maximum absolute atomic E-state index is 11.4. The van der Waals surface area contributed by atoms with Crippen LogP contribution in [-0.4, -0.2) is 40.4 Å². The van der Waals surface area contributed by atoms with Gasteiger partial charge in [0, 0.05) is 37.8 Å². The fourth-order valence-corrected chi connectivity index (χ4v) is 2.21. The Bertz CT molecular complexity index is 421. The van der Waals surface area contributed by atoms with Crippen LogP contribution in [0.25, 0.3) is 0 Å². The van der Waals surface area contributed by atoms with Crippen molar-refractivity contribution < 1.29 is 4.79 Å². The van der Waals surface area contributed by atoms with E-state index in [1.54, 1.807) is 11.2 Å². The predicted molar refractivity (Wildman–Crippen MR) is 70.3 cm³/mol. The van der Waals surface area contributed by atoms with Gasteiger partial charge in [0.1, 0.15) is 12.1 Å². The van der Waals surface area contributed by atoms with Crippen LogP contribution < -0.4 is 5.32 Å². The van der Waals surface area contributed by atoms with E-state index in [2.05, 4.69) is 22.2 Å². The molecule has 1 aliphatic heterocycles. The summed E-state index contributed by atoms with van der Waals surface area (Å²) in [6, 6.07) is 2.29. The monoisotopic (exact) mass is 248 g/mol. The molecule has 1 aliphatic rings. The SMILES string of the molecule is CCCc1cc(NC2CCC(=O)N(C)C2)ncn1. The zero-order valence-corrected chi connectivity index (χ0v) is 11.0. The van der Waals surface area contributed by atoms with Crippen LogP contribution in [0.4, 0.5) is 5.82 Å². The molecular weight excluding hydrogens is 228 g/mol. The van der Waals surface area contributed by atoms with Gasteiger partial charge >= 0.3 is 0 Å². The summed E-state index contributed by atoms with van der Waals surface area (Å²) < 4.78 is 0. The van der Waals surface area contributed by atoms with Gasteiger partial charge in [0.2, 0.25) is 5.91 Å². The number of nitrogens with zero attached hydrogens (tertiary/aromatic N) is 3. The number of aryl methyl sites for hydroxylation is 1. The van der Waals surface area contributed by atoms with Gasteiger partial charge < -0.3 is 10.2 Å². The first-order chi connectivity index (χ1) is 8.69. The molecule has 18 heavy (non-hydrogen) atoms. The summed E-state index contributed by atoms with van der Waals surface area (Å²) in [5, 5.41) is 3.39. The number of amides is 1. The molecule has 1 unspecified atom stereocenters. The van der Waals surface area contributed by atoms with E-state index in [0.29, 0.717) is 6.42 Å². The fraction of sp³-hybridized carbons (Fsp3) is 0.615. The first kappa shape index (κ1) is 12.8. The summed E-state index contributed by atoms with van der Waals surface area (Å²) >= 11 is 0. The molecule has 1 atom stereocenters. The summed E-state index contributed by atoms with van der Waals surface area (Å²) in [6.07, 6.45) is 5.14. The first-order valence-corrected chi connectivity index (χ1v) is 6.50. The fourth-order valence-electron chi connectivity index (χ4n) is 2.21. The molecule has 1 saturated heterocycles. The minimum Gasteiger partial charge on any atom is -0.365 e. The van der Waals surface area contributed by atoms with Crippen molar-refractivity contribution in [3.05, 3.63) is 18.1 Å². The maximum atomic E-state index is 11.4. The molecule has 98 valence electrons. The molecule has 2 rings (SSSR count). The molecule has 0 radical (unpaired) electrons. The van der Waals surface area contributed by atoms with Gasteiger partial charge in [-0.05, 0) is 12.8 Å². The Morgan fingerprint density at radius 2 is 2.33 bits per heavy atom. The lowest BCUT2D eigenvalue weighted by Gasteiger charge is -2.30. The highest BCUT2D eigenvalue weighted by Crippen LogP contribution is 2.15. The Morgan fingerprint density at radius 3 is 3.06 bits per heavy atom. The number of hydrogen-bond donors (Lipinski definition) is 1.